The first-order valence-electron chi connectivity index (χ1n) is 11.2. The van der Waals surface area contributed by atoms with E-state index in [0.717, 1.165) is 17.7 Å². The van der Waals surface area contributed by atoms with Gasteiger partial charge in [-0.05, 0) is 42.5 Å². The van der Waals surface area contributed by atoms with E-state index in [1.165, 1.54) is 6.07 Å². The topological polar surface area (TPSA) is 104 Å². The maximum atomic E-state index is 14.4. The van der Waals surface area contributed by atoms with E-state index in [4.69, 9.17) is 0 Å². The fraction of sp³-hybridized carbons (Fsp3) is 0.360. The minimum absolute atomic E-state index is 0.00523. The highest BCUT2D eigenvalue weighted by atomic mass is 32.2. The van der Waals surface area contributed by atoms with Crippen LogP contribution in [0, 0.1) is 17.7 Å². The normalized spacial score (nSPS) is 22.6. The van der Waals surface area contributed by atoms with Gasteiger partial charge in [-0.2, -0.15) is 0 Å². The van der Waals surface area contributed by atoms with Gasteiger partial charge in [-0.1, -0.05) is 56.3 Å². The number of nitrogens with one attached hydrogen (secondary N) is 3. The van der Waals surface area contributed by atoms with Gasteiger partial charge in [-0.3, -0.25) is 9.59 Å². The first kappa shape index (κ1) is 25.6. The Morgan fingerprint density at radius 3 is 2.50 bits per heavy atom. The number of rotatable bonds is 3. The zero-order chi connectivity index (χ0) is 24.7. The number of benzene rings is 2. The third kappa shape index (κ3) is 6.74. The van der Waals surface area contributed by atoms with E-state index in [1.807, 2.05) is 44.2 Å². The highest BCUT2D eigenvalue weighted by Gasteiger charge is 2.24. The lowest BCUT2D eigenvalue weighted by Gasteiger charge is -2.23. The van der Waals surface area contributed by atoms with E-state index in [1.54, 1.807) is 12.2 Å². The predicted octanol–water partition coefficient (Wildman–Crippen LogP) is 3.31. The molecule has 1 heterocycles. The first-order valence-corrected chi connectivity index (χ1v) is 12.7. The lowest BCUT2D eigenvalue weighted by atomic mass is 9.93. The van der Waals surface area contributed by atoms with Crippen LogP contribution in [0.5, 0.6) is 0 Å². The second kappa shape index (κ2) is 11.4. The molecule has 3 N–H and O–H groups in total. The minimum atomic E-state index is -4.19. The van der Waals surface area contributed by atoms with Gasteiger partial charge in [0.2, 0.25) is 15.9 Å². The lowest BCUT2D eigenvalue weighted by molar-refractivity contribution is -0.125. The Balaban J connectivity index is 1.98. The van der Waals surface area contributed by atoms with E-state index in [0.29, 0.717) is 12.8 Å². The van der Waals surface area contributed by atoms with Crippen LogP contribution in [0.1, 0.15) is 48.7 Å². The van der Waals surface area contributed by atoms with Crippen molar-refractivity contribution in [1.82, 2.24) is 15.4 Å². The van der Waals surface area contributed by atoms with Crippen molar-refractivity contribution in [3.05, 3.63) is 77.6 Å². The second-order valence-corrected chi connectivity index (χ2v) is 10.4. The number of carbonyl (C=O) groups is 2. The Morgan fingerprint density at radius 2 is 1.79 bits per heavy atom. The summed E-state index contributed by atoms with van der Waals surface area (Å²) in [6.07, 6.45) is 4.44. The molecule has 2 aromatic carbocycles. The van der Waals surface area contributed by atoms with E-state index in [9.17, 15) is 22.4 Å². The molecule has 2 amide bonds. The first-order chi connectivity index (χ1) is 16.2. The number of hydrogen-bond donors (Lipinski definition) is 3. The summed E-state index contributed by atoms with van der Waals surface area (Å²) in [5.41, 5.74) is 0.767. The summed E-state index contributed by atoms with van der Waals surface area (Å²) in [4.78, 5) is 25.4. The maximum Gasteiger partial charge on any atom is 0.251 e. The van der Waals surface area contributed by atoms with Crippen molar-refractivity contribution in [3.8, 4) is 0 Å². The summed E-state index contributed by atoms with van der Waals surface area (Å²) in [6, 6.07) is 11.8. The van der Waals surface area contributed by atoms with Gasteiger partial charge in [-0.25, -0.2) is 17.5 Å². The van der Waals surface area contributed by atoms with Crippen LogP contribution in [0.25, 0.3) is 0 Å². The molecule has 9 heteroatoms. The van der Waals surface area contributed by atoms with E-state index >= 15 is 0 Å². The zero-order valence-electron chi connectivity index (χ0n) is 19.3. The van der Waals surface area contributed by atoms with Crippen molar-refractivity contribution in [1.29, 1.82) is 0 Å². The molecule has 0 saturated carbocycles. The standard InChI is InChI=1S/C25H30FN3O4S/c1-17(2)14-19-10-6-7-13-28-34(32,33)23-15-20(11-12-21(23)26)25(31)29-22(16-27-24(19)30)18-8-4-3-5-9-18/h3-9,11-12,15,17,19,22,28H,10,13-14,16H2,1-2H3,(H,27,30)(H,29,31)/b7-6+. The molecule has 0 radical (unpaired) electrons. The molecule has 2 atom stereocenters. The van der Waals surface area contributed by atoms with Gasteiger partial charge in [0.25, 0.3) is 5.91 Å². The Morgan fingerprint density at radius 1 is 1.06 bits per heavy atom. The molecular formula is C25H30FN3O4S. The summed E-state index contributed by atoms with van der Waals surface area (Å²) in [5.74, 6) is -1.68. The molecule has 2 aromatic rings. The van der Waals surface area contributed by atoms with Gasteiger partial charge in [0.15, 0.2) is 0 Å². The van der Waals surface area contributed by atoms with E-state index < -0.39 is 32.7 Å². The van der Waals surface area contributed by atoms with Crippen molar-refractivity contribution in [3.63, 3.8) is 0 Å². The van der Waals surface area contributed by atoms with Crippen LogP contribution in [-0.4, -0.2) is 33.3 Å². The van der Waals surface area contributed by atoms with Crippen molar-refractivity contribution in [2.75, 3.05) is 13.1 Å². The fourth-order valence-electron chi connectivity index (χ4n) is 3.84. The monoisotopic (exact) mass is 487 g/mol. The molecule has 0 aliphatic carbocycles. The molecule has 1 aliphatic rings. The number of allylic oxidation sites excluding steroid dienone is 1. The zero-order valence-corrected chi connectivity index (χ0v) is 20.1. The number of carbonyl (C=O) groups excluding carboxylic acids is 2. The molecule has 2 bridgehead atoms. The van der Waals surface area contributed by atoms with Crippen LogP contribution in [0.4, 0.5) is 4.39 Å². The van der Waals surface area contributed by atoms with Gasteiger partial charge < -0.3 is 10.6 Å². The van der Waals surface area contributed by atoms with Gasteiger partial charge in [0.1, 0.15) is 10.7 Å². The SMILES string of the molecule is CC(C)CC1C/C=C/CNS(=O)(=O)c2cc(ccc2F)C(=O)NC(c2ccccc2)CNC1=O. The number of hydrogen-bond acceptors (Lipinski definition) is 4. The largest absolute Gasteiger partial charge is 0.353 e. The smallest absolute Gasteiger partial charge is 0.251 e. The fourth-order valence-corrected chi connectivity index (χ4v) is 4.91. The predicted molar refractivity (Wildman–Crippen MR) is 128 cm³/mol. The summed E-state index contributed by atoms with van der Waals surface area (Å²) in [5, 5.41) is 5.80. The number of sulfonamides is 1. The molecule has 34 heavy (non-hydrogen) atoms. The van der Waals surface area contributed by atoms with Crippen LogP contribution < -0.4 is 15.4 Å². The molecule has 1 aliphatic heterocycles. The van der Waals surface area contributed by atoms with E-state index in [-0.39, 0.29) is 36.4 Å². The molecule has 7 nitrogen and oxygen atoms in total. The number of amides is 2. The van der Waals surface area contributed by atoms with Gasteiger partial charge in [0, 0.05) is 24.6 Å². The third-order valence-electron chi connectivity index (χ3n) is 5.58. The van der Waals surface area contributed by atoms with Crippen LogP contribution in [0.2, 0.25) is 0 Å². The third-order valence-corrected chi connectivity index (χ3v) is 7.01. The van der Waals surface area contributed by atoms with Gasteiger partial charge >= 0.3 is 0 Å². The second-order valence-electron chi connectivity index (χ2n) is 8.71. The molecular weight excluding hydrogens is 457 g/mol. The number of fused-ring (bicyclic) bond motifs is 2. The van der Waals surface area contributed by atoms with Crippen molar-refractivity contribution < 1.29 is 22.4 Å². The summed E-state index contributed by atoms with van der Waals surface area (Å²) < 4.78 is 42.0. The molecule has 0 aromatic heterocycles. The Labute approximate surface area is 199 Å². The summed E-state index contributed by atoms with van der Waals surface area (Å²) in [6.45, 7) is 4.14. The van der Waals surface area contributed by atoms with Crippen molar-refractivity contribution in [2.45, 2.75) is 37.6 Å². The Bertz CT molecular complexity index is 1150. The highest BCUT2D eigenvalue weighted by Crippen LogP contribution is 2.20. The maximum absolute atomic E-state index is 14.4. The molecule has 2 unspecified atom stereocenters. The van der Waals surface area contributed by atoms with Crippen molar-refractivity contribution >= 4 is 21.8 Å². The van der Waals surface area contributed by atoms with Crippen LogP contribution in [-0.2, 0) is 14.8 Å². The molecule has 182 valence electrons. The lowest BCUT2D eigenvalue weighted by Crippen LogP contribution is -2.40. The van der Waals surface area contributed by atoms with E-state index in [2.05, 4.69) is 15.4 Å². The van der Waals surface area contributed by atoms with Crippen LogP contribution >= 0.6 is 0 Å². The molecule has 0 spiro atoms. The average Bonchev–Trinajstić information content (AvgIpc) is 2.80. The number of halogens is 1. The molecule has 3 rings (SSSR count). The minimum Gasteiger partial charge on any atom is -0.353 e. The highest BCUT2D eigenvalue weighted by molar-refractivity contribution is 7.89. The van der Waals surface area contributed by atoms with Gasteiger partial charge in [0.05, 0.1) is 6.04 Å². The molecule has 0 saturated heterocycles. The Hall–Kier alpha value is -3.04. The van der Waals surface area contributed by atoms with Crippen molar-refractivity contribution in [2.24, 2.45) is 11.8 Å². The van der Waals surface area contributed by atoms with Gasteiger partial charge in [-0.15, -0.1) is 0 Å². The van der Waals surface area contributed by atoms with Crippen LogP contribution in [0.3, 0.4) is 0 Å². The average molecular weight is 488 g/mol. The Kier molecular flexibility index (Phi) is 8.57. The van der Waals surface area contributed by atoms with Crippen LogP contribution in [0.15, 0.2) is 65.6 Å². The quantitative estimate of drug-likeness (QED) is 0.578. The summed E-state index contributed by atoms with van der Waals surface area (Å²) >= 11 is 0. The molecule has 0 fully saturated rings. The summed E-state index contributed by atoms with van der Waals surface area (Å²) in [7, 11) is -4.19.